The molecular formula is C14H11F3N2O2. The Bertz CT molecular complexity index is 615. The van der Waals surface area contributed by atoms with E-state index in [0.29, 0.717) is 5.69 Å². The van der Waals surface area contributed by atoms with E-state index in [-0.39, 0.29) is 11.3 Å². The molecule has 0 saturated carbocycles. The molecule has 0 bridgehead atoms. The Balaban J connectivity index is 2.14. The predicted octanol–water partition coefficient (Wildman–Crippen LogP) is 3.28. The van der Waals surface area contributed by atoms with E-state index in [4.69, 9.17) is 0 Å². The van der Waals surface area contributed by atoms with Gasteiger partial charge in [0.05, 0.1) is 17.4 Å². The summed E-state index contributed by atoms with van der Waals surface area (Å²) in [6.45, 7) is -1.45. The largest absolute Gasteiger partial charge is 0.483 e. The van der Waals surface area contributed by atoms with Gasteiger partial charge in [-0.05, 0) is 24.3 Å². The Morgan fingerprint density at radius 1 is 1.19 bits per heavy atom. The summed E-state index contributed by atoms with van der Waals surface area (Å²) in [5.41, 5.74) is 0.457. The number of halogens is 3. The van der Waals surface area contributed by atoms with Gasteiger partial charge in [0.25, 0.3) is 5.91 Å². The molecule has 0 aliphatic rings. The molecule has 0 spiro atoms. The van der Waals surface area contributed by atoms with Gasteiger partial charge in [0.15, 0.2) is 6.61 Å². The highest BCUT2D eigenvalue weighted by molar-refractivity contribution is 6.06. The van der Waals surface area contributed by atoms with E-state index >= 15 is 0 Å². The molecule has 1 N–H and O–H groups in total. The SMILES string of the molecule is O=C(Nc1cccnc1)c1ccccc1OCC(F)(F)F. The van der Waals surface area contributed by atoms with Crippen LogP contribution < -0.4 is 10.1 Å². The van der Waals surface area contributed by atoms with Crippen LogP contribution in [0.25, 0.3) is 0 Å². The number of benzene rings is 1. The van der Waals surface area contributed by atoms with Crippen molar-refractivity contribution in [1.82, 2.24) is 4.98 Å². The van der Waals surface area contributed by atoms with Crippen LogP contribution in [0.5, 0.6) is 5.75 Å². The number of hydrogen-bond donors (Lipinski definition) is 1. The molecule has 0 atom stereocenters. The summed E-state index contributed by atoms with van der Waals surface area (Å²) in [6.07, 6.45) is -1.50. The monoisotopic (exact) mass is 296 g/mol. The van der Waals surface area contributed by atoms with Crippen LogP contribution >= 0.6 is 0 Å². The fourth-order valence-electron chi connectivity index (χ4n) is 1.57. The Kier molecular flexibility index (Phi) is 4.42. The zero-order valence-electron chi connectivity index (χ0n) is 10.7. The van der Waals surface area contributed by atoms with Gasteiger partial charge in [-0.2, -0.15) is 13.2 Å². The van der Waals surface area contributed by atoms with Gasteiger partial charge in [0.2, 0.25) is 0 Å². The first-order chi connectivity index (χ1) is 9.96. The molecule has 0 saturated heterocycles. The number of amides is 1. The molecule has 0 fully saturated rings. The average molecular weight is 296 g/mol. The van der Waals surface area contributed by atoms with Crippen molar-refractivity contribution in [2.45, 2.75) is 6.18 Å². The van der Waals surface area contributed by atoms with Crippen LogP contribution in [0.15, 0.2) is 48.8 Å². The van der Waals surface area contributed by atoms with Crippen molar-refractivity contribution in [2.24, 2.45) is 0 Å². The van der Waals surface area contributed by atoms with Crippen LogP contribution in [0.1, 0.15) is 10.4 Å². The number of carbonyl (C=O) groups excluding carboxylic acids is 1. The fraction of sp³-hybridized carbons (Fsp3) is 0.143. The Hall–Kier alpha value is -2.57. The first-order valence-corrected chi connectivity index (χ1v) is 5.96. The molecule has 7 heteroatoms. The van der Waals surface area contributed by atoms with Crippen LogP contribution in [0.4, 0.5) is 18.9 Å². The number of para-hydroxylation sites is 1. The molecule has 0 unspecified atom stereocenters. The van der Waals surface area contributed by atoms with Crippen molar-refractivity contribution in [3.05, 3.63) is 54.4 Å². The number of aromatic nitrogens is 1. The summed E-state index contributed by atoms with van der Waals surface area (Å²) in [7, 11) is 0. The lowest BCUT2D eigenvalue weighted by Gasteiger charge is -2.13. The zero-order valence-corrected chi connectivity index (χ0v) is 10.7. The van der Waals surface area contributed by atoms with E-state index in [1.807, 2.05) is 0 Å². The maximum Gasteiger partial charge on any atom is 0.422 e. The van der Waals surface area contributed by atoms with Crippen LogP contribution in [0, 0.1) is 0 Å². The first-order valence-electron chi connectivity index (χ1n) is 5.96. The van der Waals surface area contributed by atoms with E-state index in [1.54, 1.807) is 18.2 Å². The van der Waals surface area contributed by atoms with Crippen molar-refractivity contribution in [2.75, 3.05) is 11.9 Å². The maximum absolute atomic E-state index is 12.2. The van der Waals surface area contributed by atoms with E-state index in [2.05, 4.69) is 15.0 Å². The van der Waals surface area contributed by atoms with E-state index in [1.165, 1.54) is 30.6 Å². The predicted molar refractivity (Wildman–Crippen MR) is 70.2 cm³/mol. The third kappa shape index (κ3) is 4.48. The number of carbonyl (C=O) groups is 1. The van der Waals surface area contributed by atoms with Gasteiger partial charge in [-0.15, -0.1) is 0 Å². The molecule has 0 radical (unpaired) electrons. The summed E-state index contributed by atoms with van der Waals surface area (Å²) in [5.74, 6) is -0.697. The minimum Gasteiger partial charge on any atom is -0.483 e. The minimum atomic E-state index is -4.47. The summed E-state index contributed by atoms with van der Waals surface area (Å²) in [5, 5.41) is 2.53. The second kappa shape index (κ2) is 6.25. The second-order valence-electron chi connectivity index (χ2n) is 4.10. The smallest absolute Gasteiger partial charge is 0.422 e. The number of hydrogen-bond acceptors (Lipinski definition) is 3. The lowest BCUT2D eigenvalue weighted by atomic mass is 10.2. The van der Waals surface area contributed by atoms with E-state index < -0.39 is 18.7 Å². The minimum absolute atomic E-state index is 0.0191. The molecule has 0 aliphatic carbocycles. The number of ether oxygens (including phenoxy) is 1. The summed E-state index contributed by atoms with van der Waals surface area (Å²) in [4.78, 5) is 15.9. The fourth-order valence-corrected chi connectivity index (χ4v) is 1.57. The number of nitrogens with one attached hydrogen (secondary N) is 1. The van der Waals surface area contributed by atoms with Gasteiger partial charge >= 0.3 is 6.18 Å². The van der Waals surface area contributed by atoms with Crippen LogP contribution in [0.2, 0.25) is 0 Å². The normalized spacial score (nSPS) is 11.0. The third-order valence-electron chi connectivity index (χ3n) is 2.44. The molecular weight excluding hydrogens is 285 g/mol. The number of pyridine rings is 1. The summed E-state index contributed by atoms with van der Waals surface area (Å²) in [6, 6.07) is 8.97. The number of rotatable bonds is 4. The summed E-state index contributed by atoms with van der Waals surface area (Å²) >= 11 is 0. The van der Waals surface area contributed by atoms with E-state index in [9.17, 15) is 18.0 Å². The van der Waals surface area contributed by atoms with Gasteiger partial charge in [0, 0.05) is 6.20 Å². The van der Waals surface area contributed by atoms with Crippen molar-refractivity contribution in [3.8, 4) is 5.75 Å². The van der Waals surface area contributed by atoms with Crippen molar-refractivity contribution < 1.29 is 22.7 Å². The molecule has 1 amide bonds. The molecule has 1 aromatic heterocycles. The Labute approximate surface area is 118 Å². The van der Waals surface area contributed by atoms with Gasteiger partial charge in [-0.25, -0.2) is 0 Å². The molecule has 110 valence electrons. The highest BCUT2D eigenvalue weighted by Gasteiger charge is 2.29. The van der Waals surface area contributed by atoms with Gasteiger partial charge < -0.3 is 10.1 Å². The van der Waals surface area contributed by atoms with Crippen LogP contribution in [-0.2, 0) is 0 Å². The third-order valence-corrected chi connectivity index (χ3v) is 2.44. The average Bonchev–Trinajstić information content (AvgIpc) is 2.46. The standard InChI is InChI=1S/C14H11F3N2O2/c15-14(16,17)9-21-12-6-2-1-5-11(12)13(20)19-10-4-3-7-18-8-10/h1-8H,9H2,(H,19,20). The van der Waals surface area contributed by atoms with Crippen LogP contribution in [0.3, 0.4) is 0 Å². The van der Waals surface area contributed by atoms with Gasteiger partial charge in [0.1, 0.15) is 5.75 Å². The molecule has 1 heterocycles. The summed E-state index contributed by atoms with van der Waals surface area (Å²) < 4.78 is 41.2. The quantitative estimate of drug-likeness (QED) is 0.942. The van der Waals surface area contributed by atoms with Gasteiger partial charge in [-0.3, -0.25) is 9.78 Å². The number of anilines is 1. The van der Waals surface area contributed by atoms with E-state index in [0.717, 1.165) is 0 Å². The van der Waals surface area contributed by atoms with Crippen LogP contribution in [-0.4, -0.2) is 23.7 Å². The first kappa shape index (κ1) is 14.8. The molecule has 2 aromatic rings. The van der Waals surface area contributed by atoms with Crippen molar-refractivity contribution in [1.29, 1.82) is 0 Å². The van der Waals surface area contributed by atoms with Crippen molar-refractivity contribution in [3.63, 3.8) is 0 Å². The highest BCUT2D eigenvalue weighted by atomic mass is 19.4. The zero-order chi connectivity index (χ0) is 15.3. The molecule has 21 heavy (non-hydrogen) atoms. The maximum atomic E-state index is 12.2. The lowest BCUT2D eigenvalue weighted by molar-refractivity contribution is -0.153. The highest BCUT2D eigenvalue weighted by Crippen LogP contribution is 2.23. The molecule has 2 rings (SSSR count). The lowest BCUT2D eigenvalue weighted by Crippen LogP contribution is -2.21. The number of nitrogens with zero attached hydrogens (tertiary/aromatic N) is 1. The Morgan fingerprint density at radius 2 is 1.95 bits per heavy atom. The van der Waals surface area contributed by atoms with Gasteiger partial charge in [-0.1, -0.05) is 12.1 Å². The molecule has 0 aliphatic heterocycles. The molecule has 4 nitrogen and oxygen atoms in total. The second-order valence-corrected chi connectivity index (χ2v) is 4.10. The number of alkyl halides is 3. The topological polar surface area (TPSA) is 51.2 Å². The Morgan fingerprint density at radius 3 is 2.62 bits per heavy atom. The molecule has 1 aromatic carbocycles. The van der Waals surface area contributed by atoms with Crippen molar-refractivity contribution >= 4 is 11.6 Å².